The van der Waals surface area contributed by atoms with Crippen LogP contribution in [0.2, 0.25) is 0 Å². The number of likely N-dealkylation sites (N-methyl/N-ethyl adjacent to an activating group) is 1. The van der Waals surface area contributed by atoms with Gasteiger partial charge in [0.25, 0.3) is 0 Å². The standard InChI is InChI=1S/C13H24BrN3O/c1-9-12(14)11(17(5)16-9)7-10(15-4)8-13(2,3)18-6/h10,15H,7-8H2,1-6H3. The summed E-state index contributed by atoms with van der Waals surface area (Å²) in [6.07, 6.45) is 1.89. The van der Waals surface area contributed by atoms with E-state index in [9.17, 15) is 0 Å². The normalized spacial score (nSPS) is 13.9. The molecule has 0 aliphatic rings. The van der Waals surface area contributed by atoms with Crippen LogP contribution < -0.4 is 5.32 Å². The maximum absolute atomic E-state index is 5.50. The average Bonchev–Trinajstić information content (AvgIpc) is 2.54. The SMILES string of the molecule is CNC(Cc1c(Br)c(C)nn1C)CC(C)(C)OC. The average molecular weight is 318 g/mol. The molecule has 0 fully saturated rings. The van der Waals surface area contributed by atoms with Gasteiger partial charge in [0.1, 0.15) is 0 Å². The summed E-state index contributed by atoms with van der Waals surface area (Å²) in [6.45, 7) is 6.24. The highest BCUT2D eigenvalue weighted by Gasteiger charge is 2.24. The summed E-state index contributed by atoms with van der Waals surface area (Å²) >= 11 is 3.61. The van der Waals surface area contributed by atoms with E-state index in [1.54, 1.807) is 7.11 Å². The lowest BCUT2D eigenvalue weighted by Crippen LogP contribution is -2.37. The van der Waals surface area contributed by atoms with E-state index in [4.69, 9.17) is 4.74 Å². The number of ether oxygens (including phenoxy) is 1. The first kappa shape index (κ1) is 15.7. The van der Waals surface area contributed by atoms with Gasteiger partial charge in [-0.3, -0.25) is 4.68 Å². The third-order valence-corrected chi connectivity index (χ3v) is 4.43. The minimum Gasteiger partial charge on any atom is -0.379 e. The molecule has 0 bridgehead atoms. The first-order valence-corrected chi connectivity index (χ1v) is 7.00. The summed E-state index contributed by atoms with van der Waals surface area (Å²) in [5.41, 5.74) is 2.14. The Morgan fingerprint density at radius 1 is 1.50 bits per heavy atom. The van der Waals surface area contributed by atoms with Gasteiger partial charge in [0.15, 0.2) is 0 Å². The van der Waals surface area contributed by atoms with Gasteiger partial charge in [-0.25, -0.2) is 0 Å². The Hall–Kier alpha value is -0.390. The summed E-state index contributed by atoms with van der Waals surface area (Å²) in [6, 6.07) is 0.367. The van der Waals surface area contributed by atoms with Crippen molar-refractivity contribution < 1.29 is 4.74 Å². The fraction of sp³-hybridized carbons (Fsp3) is 0.769. The zero-order valence-electron chi connectivity index (χ0n) is 12.2. The van der Waals surface area contributed by atoms with Gasteiger partial charge < -0.3 is 10.1 Å². The van der Waals surface area contributed by atoms with Crippen LogP contribution in [0.3, 0.4) is 0 Å². The van der Waals surface area contributed by atoms with Crippen LogP contribution in [0.15, 0.2) is 4.47 Å². The molecule has 0 radical (unpaired) electrons. The van der Waals surface area contributed by atoms with Crippen molar-refractivity contribution in [3.63, 3.8) is 0 Å². The third-order valence-electron chi connectivity index (χ3n) is 3.40. The number of hydrogen-bond donors (Lipinski definition) is 1. The molecule has 1 aromatic heterocycles. The number of nitrogens with zero attached hydrogens (tertiary/aromatic N) is 2. The van der Waals surface area contributed by atoms with E-state index in [1.807, 2.05) is 25.7 Å². The van der Waals surface area contributed by atoms with Gasteiger partial charge in [-0.15, -0.1) is 0 Å². The molecule has 0 amide bonds. The lowest BCUT2D eigenvalue weighted by molar-refractivity contribution is 0.00758. The molecule has 1 atom stereocenters. The second-order valence-corrected chi connectivity index (χ2v) is 6.12. The molecule has 1 N–H and O–H groups in total. The molecule has 1 unspecified atom stereocenters. The lowest BCUT2D eigenvalue weighted by atomic mass is 9.95. The minimum atomic E-state index is -0.117. The molecule has 0 aliphatic carbocycles. The topological polar surface area (TPSA) is 39.1 Å². The van der Waals surface area contributed by atoms with E-state index in [0.717, 1.165) is 23.0 Å². The number of halogens is 1. The fourth-order valence-electron chi connectivity index (χ4n) is 2.09. The minimum absolute atomic E-state index is 0.117. The molecule has 1 heterocycles. The first-order chi connectivity index (χ1) is 8.30. The Bertz CT molecular complexity index is 401. The van der Waals surface area contributed by atoms with Crippen molar-refractivity contribution in [2.24, 2.45) is 7.05 Å². The van der Waals surface area contributed by atoms with Crippen LogP contribution in [-0.2, 0) is 18.2 Å². The van der Waals surface area contributed by atoms with Crippen LogP contribution in [0, 0.1) is 6.92 Å². The second-order valence-electron chi connectivity index (χ2n) is 5.33. The smallest absolute Gasteiger partial charge is 0.0738 e. The van der Waals surface area contributed by atoms with Gasteiger partial charge in [0.2, 0.25) is 0 Å². The summed E-state index contributed by atoms with van der Waals surface area (Å²) in [4.78, 5) is 0. The molecular weight excluding hydrogens is 294 g/mol. The number of hydrogen-bond acceptors (Lipinski definition) is 3. The Labute approximate surface area is 118 Å². The molecule has 5 heteroatoms. The molecular formula is C13H24BrN3O. The highest BCUT2D eigenvalue weighted by atomic mass is 79.9. The number of aryl methyl sites for hydroxylation is 2. The van der Waals surface area contributed by atoms with E-state index < -0.39 is 0 Å². The first-order valence-electron chi connectivity index (χ1n) is 6.21. The van der Waals surface area contributed by atoms with Gasteiger partial charge in [-0.05, 0) is 50.2 Å². The van der Waals surface area contributed by atoms with Crippen molar-refractivity contribution in [3.8, 4) is 0 Å². The highest BCUT2D eigenvalue weighted by molar-refractivity contribution is 9.10. The molecule has 1 aromatic rings. The largest absolute Gasteiger partial charge is 0.379 e. The predicted molar refractivity (Wildman–Crippen MR) is 77.9 cm³/mol. The monoisotopic (exact) mass is 317 g/mol. The molecule has 0 aromatic carbocycles. The van der Waals surface area contributed by atoms with Crippen LogP contribution >= 0.6 is 15.9 Å². The van der Waals surface area contributed by atoms with Crippen molar-refractivity contribution >= 4 is 15.9 Å². The molecule has 0 saturated carbocycles. The van der Waals surface area contributed by atoms with Crippen LogP contribution in [0.25, 0.3) is 0 Å². The Morgan fingerprint density at radius 3 is 2.50 bits per heavy atom. The number of rotatable bonds is 6. The van der Waals surface area contributed by atoms with Crippen molar-refractivity contribution in [2.75, 3.05) is 14.2 Å². The quantitative estimate of drug-likeness (QED) is 0.876. The van der Waals surface area contributed by atoms with Gasteiger partial charge in [0, 0.05) is 26.6 Å². The van der Waals surface area contributed by atoms with Gasteiger partial charge in [-0.2, -0.15) is 5.10 Å². The van der Waals surface area contributed by atoms with E-state index >= 15 is 0 Å². The summed E-state index contributed by atoms with van der Waals surface area (Å²) in [5, 5.41) is 7.79. The van der Waals surface area contributed by atoms with E-state index in [0.29, 0.717) is 6.04 Å². The van der Waals surface area contributed by atoms with Gasteiger partial charge >= 0.3 is 0 Å². The van der Waals surface area contributed by atoms with Crippen LogP contribution in [0.4, 0.5) is 0 Å². The third kappa shape index (κ3) is 3.80. The van der Waals surface area contributed by atoms with E-state index in [2.05, 4.69) is 40.2 Å². The Kier molecular flexibility index (Phi) is 5.37. The highest BCUT2D eigenvalue weighted by Crippen LogP contribution is 2.24. The molecule has 0 saturated heterocycles. The molecule has 1 rings (SSSR count). The lowest BCUT2D eigenvalue weighted by Gasteiger charge is -2.28. The zero-order chi connectivity index (χ0) is 13.9. The number of aromatic nitrogens is 2. The number of nitrogens with one attached hydrogen (secondary N) is 1. The van der Waals surface area contributed by atoms with Crippen LogP contribution in [0.1, 0.15) is 31.7 Å². The Morgan fingerprint density at radius 2 is 2.11 bits per heavy atom. The van der Waals surface area contributed by atoms with Crippen LogP contribution in [0.5, 0.6) is 0 Å². The Balaban J connectivity index is 2.80. The van der Waals surface area contributed by atoms with Crippen molar-refractivity contribution in [1.29, 1.82) is 0 Å². The molecule has 0 spiro atoms. The summed E-state index contributed by atoms with van der Waals surface area (Å²) in [7, 11) is 5.74. The molecule has 0 aliphatic heterocycles. The van der Waals surface area contributed by atoms with Gasteiger partial charge in [0.05, 0.1) is 21.5 Å². The summed E-state index contributed by atoms with van der Waals surface area (Å²) < 4.78 is 8.56. The predicted octanol–water partition coefficient (Wildman–Crippen LogP) is 2.44. The molecule has 4 nitrogen and oxygen atoms in total. The van der Waals surface area contributed by atoms with E-state index in [1.165, 1.54) is 5.69 Å². The van der Waals surface area contributed by atoms with E-state index in [-0.39, 0.29) is 5.60 Å². The van der Waals surface area contributed by atoms with Crippen LogP contribution in [-0.4, -0.2) is 35.6 Å². The molecule has 104 valence electrons. The second kappa shape index (κ2) is 6.17. The van der Waals surface area contributed by atoms with Crippen molar-refractivity contribution in [1.82, 2.24) is 15.1 Å². The zero-order valence-corrected chi connectivity index (χ0v) is 13.8. The van der Waals surface area contributed by atoms with Crippen molar-refractivity contribution in [2.45, 2.75) is 45.3 Å². The fourth-order valence-corrected chi connectivity index (χ4v) is 2.59. The maximum Gasteiger partial charge on any atom is 0.0738 e. The summed E-state index contributed by atoms with van der Waals surface area (Å²) in [5.74, 6) is 0. The van der Waals surface area contributed by atoms with Gasteiger partial charge in [-0.1, -0.05) is 0 Å². The van der Waals surface area contributed by atoms with Crippen molar-refractivity contribution in [3.05, 3.63) is 15.9 Å². The number of methoxy groups -OCH3 is 1. The maximum atomic E-state index is 5.50. The molecule has 18 heavy (non-hydrogen) atoms.